The molecule has 2 rings (SSSR count). The van der Waals surface area contributed by atoms with Gasteiger partial charge in [-0.2, -0.15) is 26.3 Å². The Labute approximate surface area is 144 Å². The molecular weight excluding hydrogens is 379 g/mol. The lowest BCUT2D eigenvalue weighted by Crippen LogP contribution is -2.78. The van der Waals surface area contributed by atoms with Crippen LogP contribution in [0.3, 0.4) is 0 Å². The van der Waals surface area contributed by atoms with Gasteiger partial charge < -0.3 is 4.74 Å². The van der Waals surface area contributed by atoms with Gasteiger partial charge in [-0.25, -0.2) is 13.2 Å². The van der Waals surface area contributed by atoms with Gasteiger partial charge in [-0.1, -0.05) is 18.6 Å². The van der Waals surface area contributed by atoms with E-state index in [4.69, 9.17) is 0 Å². The van der Waals surface area contributed by atoms with Gasteiger partial charge >= 0.3 is 18.0 Å². The summed E-state index contributed by atoms with van der Waals surface area (Å²) in [6, 6.07) is 0. The highest BCUT2D eigenvalue weighted by Gasteiger charge is 2.94. The van der Waals surface area contributed by atoms with Crippen molar-refractivity contribution in [3.05, 3.63) is 11.6 Å². The van der Waals surface area contributed by atoms with Crippen LogP contribution in [0.5, 0.6) is 0 Å². The van der Waals surface area contributed by atoms with Gasteiger partial charge in [0.2, 0.25) is 5.67 Å². The summed E-state index contributed by atoms with van der Waals surface area (Å²) in [7, 11) is 0. The van der Waals surface area contributed by atoms with Crippen LogP contribution in [0, 0.1) is 17.8 Å². The van der Waals surface area contributed by atoms with Crippen LogP contribution in [0.1, 0.15) is 34.1 Å². The van der Waals surface area contributed by atoms with E-state index in [1.54, 1.807) is 0 Å². The molecule has 0 radical (unpaired) electrons. The Morgan fingerprint density at radius 3 is 1.81 bits per heavy atom. The van der Waals surface area contributed by atoms with E-state index in [1.165, 1.54) is 13.8 Å². The Hall–Kier alpha value is -0.930. The summed E-state index contributed by atoms with van der Waals surface area (Å²) in [5.74, 6) is -10.1. The van der Waals surface area contributed by atoms with E-state index in [9.17, 15) is 35.1 Å². The molecular formula is C16H19F9O. The molecule has 4 unspecified atom stereocenters. The van der Waals surface area contributed by atoms with Crippen LogP contribution in [0.15, 0.2) is 11.6 Å². The van der Waals surface area contributed by atoms with Crippen molar-refractivity contribution in [3.63, 3.8) is 0 Å². The van der Waals surface area contributed by atoms with Crippen LogP contribution in [0.4, 0.5) is 39.5 Å². The SMILES string of the molecule is CC=C1C(C)C2CC1C(F)(C(OC(C)C)(C(F)(F)F)C(F)(F)F)C2(F)F. The zero-order valence-corrected chi connectivity index (χ0v) is 14.4. The second-order valence-electron chi connectivity index (χ2n) is 7.15. The molecule has 0 heterocycles. The molecule has 2 bridgehead atoms. The van der Waals surface area contributed by atoms with Gasteiger partial charge in [-0.05, 0) is 33.1 Å². The third kappa shape index (κ3) is 2.29. The smallest absolute Gasteiger partial charge is 0.353 e. The number of alkyl halides is 9. The van der Waals surface area contributed by atoms with Crippen LogP contribution >= 0.6 is 0 Å². The molecule has 4 atom stereocenters. The molecule has 2 saturated carbocycles. The summed E-state index contributed by atoms with van der Waals surface area (Å²) in [5.41, 5.74) is -10.8. The predicted octanol–water partition coefficient (Wildman–Crippen LogP) is 5.85. The van der Waals surface area contributed by atoms with Crippen LogP contribution in [0.2, 0.25) is 0 Å². The number of ether oxygens (including phenoxy) is 1. The Morgan fingerprint density at radius 2 is 1.50 bits per heavy atom. The minimum atomic E-state index is -6.44. The first-order chi connectivity index (χ1) is 11.5. The van der Waals surface area contributed by atoms with Gasteiger partial charge in [0.1, 0.15) is 0 Å². The number of allylic oxidation sites excluding steroid dienone is 2. The summed E-state index contributed by atoms with van der Waals surface area (Å²) in [6.45, 7) is 4.14. The third-order valence-corrected chi connectivity index (χ3v) is 5.51. The van der Waals surface area contributed by atoms with Crippen molar-refractivity contribution in [3.8, 4) is 0 Å². The lowest BCUT2D eigenvalue weighted by Gasteiger charge is -2.52. The molecule has 1 nitrogen and oxygen atoms in total. The van der Waals surface area contributed by atoms with Crippen LogP contribution in [0.25, 0.3) is 0 Å². The van der Waals surface area contributed by atoms with Gasteiger partial charge in [0.15, 0.2) is 0 Å². The van der Waals surface area contributed by atoms with Gasteiger partial charge in [0.25, 0.3) is 5.92 Å². The van der Waals surface area contributed by atoms with E-state index in [1.807, 2.05) is 0 Å². The fraction of sp³-hybridized carbons (Fsp3) is 0.875. The molecule has 2 fully saturated rings. The zero-order chi connectivity index (χ0) is 20.5. The highest BCUT2D eigenvalue weighted by atomic mass is 19.4. The number of hydrogen-bond acceptors (Lipinski definition) is 1. The maximum Gasteiger partial charge on any atom is 0.430 e. The van der Waals surface area contributed by atoms with Crippen molar-refractivity contribution < 1.29 is 44.3 Å². The average Bonchev–Trinajstić information content (AvgIpc) is 2.86. The van der Waals surface area contributed by atoms with Crippen molar-refractivity contribution in [2.24, 2.45) is 17.8 Å². The first kappa shape index (κ1) is 21.4. The predicted molar refractivity (Wildman–Crippen MR) is 74.4 cm³/mol. The fourth-order valence-corrected chi connectivity index (χ4v) is 4.59. The fourth-order valence-electron chi connectivity index (χ4n) is 4.59. The number of hydrogen-bond donors (Lipinski definition) is 0. The Bertz CT molecular complexity index is 576. The molecule has 0 aromatic carbocycles. The van der Waals surface area contributed by atoms with Crippen molar-refractivity contribution in [1.29, 1.82) is 0 Å². The first-order valence-electron chi connectivity index (χ1n) is 8.04. The topological polar surface area (TPSA) is 9.23 Å². The van der Waals surface area contributed by atoms with E-state index < -0.39 is 59.8 Å². The van der Waals surface area contributed by atoms with Crippen LogP contribution in [-0.2, 0) is 4.74 Å². The molecule has 2 aliphatic rings. The molecule has 0 aliphatic heterocycles. The van der Waals surface area contributed by atoms with Gasteiger partial charge in [0.05, 0.1) is 6.10 Å². The summed E-state index contributed by atoms with van der Waals surface area (Å²) >= 11 is 0. The molecule has 0 saturated heterocycles. The van der Waals surface area contributed by atoms with Gasteiger partial charge in [0, 0.05) is 11.8 Å². The third-order valence-electron chi connectivity index (χ3n) is 5.51. The Kier molecular flexibility index (Phi) is 4.75. The minimum absolute atomic E-state index is 0.173. The highest BCUT2D eigenvalue weighted by molar-refractivity contribution is 5.37. The average molecular weight is 398 g/mol. The molecule has 0 spiro atoms. The summed E-state index contributed by atoms with van der Waals surface area (Å²) in [5, 5.41) is 0. The summed E-state index contributed by atoms with van der Waals surface area (Å²) in [6.07, 6.45) is -14.4. The maximum absolute atomic E-state index is 15.7. The number of rotatable bonds is 3. The molecule has 0 amide bonds. The zero-order valence-electron chi connectivity index (χ0n) is 14.4. The van der Waals surface area contributed by atoms with Gasteiger partial charge in [-0.15, -0.1) is 0 Å². The van der Waals surface area contributed by atoms with Crippen molar-refractivity contribution in [2.45, 2.75) is 69.8 Å². The van der Waals surface area contributed by atoms with Crippen molar-refractivity contribution in [2.75, 3.05) is 0 Å². The van der Waals surface area contributed by atoms with Crippen molar-refractivity contribution in [1.82, 2.24) is 0 Å². The van der Waals surface area contributed by atoms with Crippen molar-refractivity contribution >= 4 is 0 Å². The molecule has 0 N–H and O–H groups in total. The van der Waals surface area contributed by atoms with E-state index in [0.717, 1.165) is 19.9 Å². The van der Waals surface area contributed by atoms with E-state index >= 15 is 4.39 Å². The lowest BCUT2D eigenvalue weighted by molar-refractivity contribution is -0.445. The Balaban J connectivity index is 2.87. The van der Waals surface area contributed by atoms with E-state index in [-0.39, 0.29) is 5.57 Å². The highest BCUT2D eigenvalue weighted by Crippen LogP contribution is 2.73. The molecule has 0 aromatic rings. The molecule has 10 heteroatoms. The van der Waals surface area contributed by atoms with E-state index in [0.29, 0.717) is 0 Å². The first-order valence-corrected chi connectivity index (χ1v) is 8.04. The van der Waals surface area contributed by atoms with E-state index in [2.05, 4.69) is 4.74 Å². The molecule has 152 valence electrons. The second-order valence-corrected chi connectivity index (χ2v) is 7.15. The molecule has 0 aromatic heterocycles. The molecule has 26 heavy (non-hydrogen) atoms. The number of halogens is 9. The molecule has 2 aliphatic carbocycles. The lowest BCUT2D eigenvalue weighted by atomic mass is 9.65. The second kappa shape index (κ2) is 5.78. The quantitative estimate of drug-likeness (QED) is 0.428. The maximum atomic E-state index is 15.7. The monoisotopic (exact) mass is 398 g/mol. The number of fused-ring (bicyclic) bond motifs is 2. The normalized spacial score (nSPS) is 36.4. The van der Waals surface area contributed by atoms with Gasteiger partial charge in [-0.3, -0.25) is 0 Å². The van der Waals surface area contributed by atoms with Crippen LogP contribution < -0.4 is 0 Å². The summed E-state index contributed by atoms with van der Waals surface area (Å²) < 4.78 is 131. The largest absolute Gasteiger partial charge is 0.430 e. The minimum Gasteiger partial charge on any atom is -0.353 e. The summed E-state index contributed by atoms with van der Waals surface area (Å²) in [4.78, 5) is 0. The Morgan fingerprint density at radius 1 is 1.04 bits per heavy atom. The standard InChI is InChI=1S/C16H19F9O/c1-5-9-8(4)10-6-11(9)12(17,13(10,18)19)14(15(20,21)22,16(23,24)25)26-7(2)3/h5,7-8,10-11H,6H2,1-4H3. The van der Waals surface area contributed by atoms with Crippen LogP contribution in [-0.4, -0.2) is 35.6 Å².